The molecule has 8 nitrogen and oxygen atoms in total. The Balaban J connectivity index is 1.38. The van der Waals surface area contributed by atoms with Gasteiger partial charge in [-0.1, -0.05) is 36.4 Å². The minimum atomic E-state index is -0.577. The number of benzene rings is 2. The van der Waals surface area contributed by atoms with Gasteiger partial charge >= 0.3 is 6.09 Å². The summed E-state index contributed by atoms with van der Waals surface area (Å²) in [6, 6.07) is 11.5. The Morgan fingerprint density at radius 3 is 2.64 bits per heavy atom. The Kier molecular flexibility index (Phi) is 6.69. The third-order valence-electron chi connectivity index (χ3n) is 5.52. The maximum absolute atomic E-state index is 14.9. The fourth-order valence-electron chi connectivity index (χ4n) is 3.75. The molecule has 0 aliphatic carbocycles. The molecule has 0 spiro atoms. The number of halogens is 1. The highest BCUT2D eigenvalue weighted by molar-refractivity contribution is 5.90. The van der Waals surface area contributed by atoms with Crippen molar-refractivity contribution in [1.29, 1.82) is 0 Å². The van der Waals surface area contributed by atoms with E-state index in [1.54, 1.807) is 24.3 Å². The van der Waals surface area contributed by atoms with Gasteiger partial charge in [0.2, 0.25) is 11.8 Å². The SMILES string of the molecule is CC(=O)NC[C@H]1CN(c2ccc(-c3ccc(CNC(=O)C4C=CCN4)cc3)c(F)c2)C(=O)O1. The van der Waals surface area contributed by atoms with Gasteiger partial charge in [0.05, 0.1) is 18.8 Å². The Labute approximate surface area is 190 Å². The van der Waals surface area contributed by atoms with Crippen molar-refractivity contribution in [2.45, 2.75) is 25.6 Å². The predicted molar refractivity (Wildman–Crippen MR) is 121 cm³/mol. The minimum Gasteiger partial charge on any atom is -0.442 e. The molecule has 3 amide bonds. The smallest absolute Gasteiger partial charge is 0.414 e. The summed E-state index contributed by atoms with van der Waals surface area (Å²) in [5.74, 6) is -0.767. The number of ether oxygens (including phenoxy) is 1. The van der Waals surface area contributed by atoms with E-state index in [0.29, 0.717) is 29.9 Å². The number of nitrogens with one attached hydrogen (secondary N) is 3. The normalized spacial score (nSPS) is 19.5. The number of amides is 3. The molecule has 0 bridgehead atoms. The van der Waals surface area contributed by atoms with Crippen LogP contribution in [0.1, 0.15) is 12.5 Å². The molecule has 1 unspecified atom stereocenters. The first-order chi connectivity index (χ1) is 15.9. The van der Waals surface area contributed by atoms with Crippen molar-refractivity contribution in [3.05, 3.63) is 66.0 Å². The van der Waals surface area contributed by atoms with Crippen molar-refractivity contribution in [3.8, 4) is 11.1 Å². The van der Waals surface area contributed by atoms with Crippen LogP contribution in [0.4, 0.5) is 14.9 Å². The van der Waals surface area contributed by atoms with E-state index in [4.69, 9.17) is 4.74 Å². The van der Waals surface area contributed by atoms with Crippen LogP contribution < -0.4 is 20.9 Å². The second-order valence-corrected chi connectivity index (χ2v) is 7.95. The molecule has 9 heteroatoms. The van der Waals surface area contributed by atoms with Crippen LogP contribution in [0.15, 0.2) is 54.6 Å². The molecule has 1 saturated heterocycles. The maximum atomic E-state index is 14.9. The first-order valence-corrected chi connectivity index (χ1v) is 10.7. The molecule has 0 saturated carbocycles. The van der Waals surface area contributed by atoms with Gasteiger partial charge in [0.1, 0.15) is 18.0 Å². The maximum Gasteiger partial charge on any atom is 0.414 e. The first kappa shape index (κ1) is 22.5. The van der Waals surface area contributed by atoms with Crippen LogP contribution in [0, 0.1) is 5.82 Å². The highest BCUT2D eigenvalue weighted by Gasteiger charge is 2.32. The molecule has 2 aromatic carbocycles. The molecule has 2 aliphatic rings. The van der Waals surface area contributed by atoms with Gasteiger partial charge in [0, 0.05) is 25.6 Å². The van der Waals surface area contributed by atoms with Crippen LogP contribution in [0.25, 0.3) is 11.1 Å². The Bertz CT molecular complexity index is 1090. The molecule has 4 rings (SSSR count). The number of hydrogen-bond acceptors (Lipinski definition) is 5. The largest absolute Gasteiger partial charge is 0.442 e. The van der Waals surface area contributed by atoms with Gasteiger partial charge < -0.3 is 15.4 Å². The van der Waals surface area contributed by atoms with E-state index in [0.717, 1.165) is 5.56 Å². The molecule has 1 fully saturated rings. The highest BCUT2D eigenvalue weighted by Crippen LogP contribution is 2.29. The van der Waals surface area contributed by atoms with E-state index in [1.807, 2.05) is 24.3 Å². The second kappa shape index (κ2) is 9.83. The van der Waals surface area contributed by atoms with Crippen molar-refractivity contribution in [3.63, 3.8) is 0 Å². The summed E-state index contributed by atoms with van der Waals surface area (Å²) < 4.78 is 20.1. The van der Waals surface area contributed by atoms with Gasteiger partial charge in [-0.3, -0.25) is 19.8 Å². The molecule has 3 N–H and O–H groups in total. The summed E-state index contributed by atoms with van der Waals surface area (Å²) in [7, 11) is 0. The summed E-state index contributed by atoms with van der Waals surface area (Å²) in [5, 5.41) is 8.54. The van der Waals surface area contributed by atoms with Gasteiger partial charge in [-0.05, 0) is 29.3 Å². The summed E-state index contributed by atoms with van der Waals surface area (Å²) in [4.78, 5) is 36.6. The molecule has 172 valence electrons. The molecule has 0 aromatic heterocycles. The molecule has 33 heavy (non-hydrogen) atoms. The Hall–Kier alpha value is -3.72. The predicted octanol–water partition coefficient (Wildman–Crippen LogP) is 2.10. The number of carbonyl (C=O) groups excluding carboxylic acids is 3. The number of nitrogens with zero attached hydrogens (tertiary/aromatic N) is 1. The van der Waals surface area contributed by atoms with Crippen molar-refractivity contribution < 1.29 is 23.5 Å². The zero-order valence-electron chi connectivity index (χ0n) is 18.1. The molecular weight excluding hydrogens is 427 g/mol. The fourth-order valence-corrected chi connectivity index (χ4v) is 3.75. The van der Waals surface area contributed by atoms with Gasteiger partial charge in [-0.15, -0.1) is 0 Å². The van der Waals surface area contributed by atoms with Crippen molar-refractivity contribution >= 4 is 23.6 Å². The summed E-state index contributed by atoms with van der Waals surface area (Å²) >= 11 is 0. The van der Waals surface area contributed by atoms with Crippen molar-refractivity contribution in [2.75, 3.05) is 24.5 Å². The van der Waals surface area contributed by atoms with Crippen LogP contribution in [0.3, 0.4) is 0 Å². The summed E-state index contributed by atoms with van der Waals surface area (Å²) in [6.45, 7) is 2.89. The van der Waals surface area contributed by atoms with Crippen LogP contribution in [-0.2, 0) is 20.9 Å². The Morgan fingerprint density at radius 1 is 1.18 bits per heavy atom. The summed E-state index contributed by atoms with van der Waals surface area (Å²) in [5.41, 5.74) is 2.37. The molecule has 0 radical (unpaired) electrons. The number of hydrogen-bond donors (Lipinski definition) is 3. The molecule has 2 atom stereocenters. The monoisotopic (exact) mass is 452 g/mol. The third kappa shape index (κ3) is 5.38. The average molecular weight is 452 g/mol. The molecule has 2 heterocycles. The lowest BCUT2D eigenvalue weighted by atomic mass is 10.0. The number of anilines is 1. The van der Waals surface area contributed by atoms with Crippen molar-refractivity contribution in [1.82, 2.24) is 16.0 Å². The lowest BCUT2D eigenvalue weighted by Gasteiger charge is -2.15. The second-order valence-electron chi connectivity index (χ2n) is 7.95. The standard InChI is InChI=1S/C24H25FN4O4/c1-15(30)27-13-19-14-29(24(32)33-19)18-8-9-20(21(25)11-18)17-6-4-16(5-7-17)12-28-23(31)22-3-2-10-26-22/h2-9,11,19,22,26H,10,12-14H2,1H3,(H,27,30)(H,28,31)/t19-,22?/m0/s1. The van der Waals surface area contributed by atoms with Crippen LogP contribution >= 0.6 is 0 Å². The fraction of sp³-hybridized carbons (Fsp3) is 0.292. The van der Waals surface area contributed by atoms with Crippen LogP contribution in [0.5, 0.6) is 0 Å². The van der Waals surface area contributed by atoms with Gasteiger partial charge in [-0.2, -0.15) is 0 Å². The lowest BCUT2D eigenvalue weighted by Crippen LogP contribution is -2.40. The van der Waals surface area contributed by atoms with Gasteiger partial charge in [-0.25, -0.2) is 9.18 Å². The van der Waals surface area contributed by atoms with Crippen LogP contribution in [-0.4, -0.2) is 49.7 Å². The van der Waals surface area contributed by atoms with E-state index >= 15 is 0 Å². The topological polar surface area (TPSA) is 99.8 Å². The molecular formula is C24H25FN4O4. The average Bonchev–Trinajstić information content (AvgIpc) is 3.46. The zero-order chi connectivity index (χ0) is 23.4. The van der Waals surface area contributed by atoms with E-state index < -0.39 is 18.0 Å². The number of rotatable bonds is 7. The first-order valence-electron chi connectivity index (χ1n) is 10.7. The number of cyclic esters (lactones) is 1. The van der Waals surface area contributed by atoms with E-state index in [1.165, 1.54) is 17.9 Å². The highest BCUT2D eigenvalue weighted by atomic mass is 19.1. The lowest BCUT2D eigenvalue weighted by molar-refractivity contribution is -0.122. The van der Waals surface area contributed by atoms with E-state index in [2.05, 4.69) is 16.0 Å². The number of carbonyl (C=O) groups is 3. The zero-order valence-corrected chi connectivity index (χ0v) is 18.1. The van der Waals surface area contributed by atoms with Crippen LogP contribution in [0.2, 0.25) is 0 Å². The van der Waals surface area contributed by atoms with Gasteiger partial charge in [0.15, 0.2) is 0 Å². The molecule has 2 aromatic rings. The summed E-state index contributed by atoms with van der Waals surface area (Å²) in [6.07, 6.45) is 2.68. The molecule has 2 aliphatic heterocycles. The Morgan fingerprint density at radius 2 is 1.97 bits per heavy atom. The quantitative estimate of drug-likeness (QED) is 0.559. The minimum absolute atomic E-state index is 0.0887. The van der Waals surface area contributed by atoms with E-state index in [9.17, 15) is 18.8 Å². The third-order valence-corrected chi connectivity index (χ3v) is 5.52. The van der Waals surface area contributed by atoms with E-state index in [-0.39, 0.29) is 30.9 Å². The van der Waals surface area contributed by atoms with Crippen molar-refractivity contribution in [2.24, 2.45) is 0 Å². The van der Waals surface area contributed by atoms with Gasteiger partial charge in [0.25, 0.3) is 0 Å².